The maximum absolute atomic E-state index is 13.4. The zero-order valence-electron chi connectivity index (χ0n) is 19.1. The fourth-order valence-electron chi connectivity index (χ4n) is 4.53. The number of piperidine rings is 1. The SMILES string of the molecule is O=C(Nc1ccc(S(=O)(=O)N2CCCCCC2)cc1)C1CCN(C(=O)c2cccc(F)c2)CC1. The van der Waals surface area contributed by atoms with Gasteiger partial charge in [0.2, 0.25) is 15.9 Å². The van der Waals surface area contributed by atoms with Crippen LogP contribution >= 0.6 is 0 Å². The lowest BCUT2D eigenvalue weighted by Crippen LogP contribution is -2.41. The van der Waals surface area contributed by atoms with Gasteiger partial charge in [-0.2, -0.15) is 4.31 Å². The van der Waals surface area contributed by atoms with Crippen LogP contribution in [0.3, 0.4) is 0 Å². The summed E-state index contributed by atoms with van der Waals surface area (Å²) < 4.78 is 40.8. The number of carbonyl (C=O) groups is 2. The molecule has 2 saturated heterocycles. The molecule has 4 rings (SSSR count). The van der Waals surface area contributed by atoms with Crippen molar-refractivity contribution >= 4 is 27.5 Å². The predicted molar refractivity (Wildman–Crippen MR) is 127 cm³/mol. The number of carbonyl (C=O) groups excluding carboxylic acids is 2. The molecule has 1 N–H and O–H groups in total. The van der Waals surface area contributed by atoms with Crippen molar-refractivity contribution in [2.75, 3.05) is 31.5 Å². The molecule has 0 saturated carbocycles. The molecule has 7 nitrogen and oxygen atoms in total. The third kappa shape index (κ3) is 5.64. The Morgan fingerprint density at radius 2 is 1.53 bits per heavy atom. The molecule has 0 spiro atoms. The second-order valence-corrected chi connectivity index (χ2v) is 10.8. The van der Waals surface area contributed by atoms with Crippen LogP contribution in [0.15, 0.2) is 53.4 Å². The second-order valence-electron chi connectivity index (χ2n) is 8.91. The summed E-state index contributed by atoms with van der Waals surface area (Å²) in [5.74, 6) is -1.09. The number of anilines is 1. The zero-order chi connectivity index (χ0) is 24.1. The van der Waals surface area contributed by atoms with Gasteiger partial charge < -0.3 is 10.2 Å². The van der Waals surface area contributed by atoms with Crippen LogP contribution in [0.5, 0.6) is 0 Å². The van der Waals surface area contributed by atoms with Gasteiger partial charge in [-0.3, -0.25) is 9.59 Å². The molecule has 0 aromatic heterocycles. The molecule has 0 aliphatic carbocycles. The number of rotatable bonds is 5. The molecule has 2 aliphatic rings. The first kappa shape index (κ1) is 24.3. The number of amides is 2. The predicted octanol–water partition coefficient (Wildman–Crippen LogP) is 3.88. The van der Waals surface area contributed by atoms with Gasteiger partial charge in [-0.15, -0.1) is 0 Å². The van der Waals surface area contributed by atoms with Crippen molar-refractivity contribution < 1.29 is 22.4 Å². The van der Waals surface area contributed by atoms with Crippen molar-refractivity contribution in [3.63, 3.8) is 0 Å². The zero-order valence-corrected chi connectivity index (χ0v) is 19.9. The van der Waals surface area contributed by atoms with Gasteiger partial charge in [0.05, 0.1) is 4.90 Å². The molecular weight excluding hydrogens is 457 g/mol. The van der Waals surface area contributed by atoms with Gasteiger partial charge in [0, 0.05) is 43.3 Å². The quantitative estimate of drug-likeness (QED) is 0.694. The Labute approximate surface area is 200 Å². The van der Waals surface area contributed by atoms with Crippen molar-refractivity contribution in [1.82, 2.24) is 9.21 Å². The van der Waals surface area contributed by atoms with Crippen LogP contribution in [-0.4, -0.2) is 55.6 Å². The van der Waals surface area contributed by atoms with Crippen LogP contribution in [-0.2, 0) is 14.8 Å². The average molecular weight is 488 g/mol. The van der Waals surface area contributed by atoms with Gasteiger partial charge in [-0.25, -0.2) is 12.8 Å². The number of sulfonamides is 1. The highest BCUT2D eigenvalue weighted by molar-refractivity contribution is 7.89. The van der Waals surface area contributed by atoms with E-state index in [0.29, 0.717) is 50.3 Å². The highest BCUT2D eigenvalue weighted by atomic mass is 32.2. The summed E-state index contributed by atoms with van der Waals surface area (Å²) in [5, 5.41) is 2.86. The lowest BCUT2D eigenvalue weighted by molar-refractivity contribution is -0.121. The Balaban J connectivity index is 1.31. The minimum atomic E-state index is -3.53. The minimum absolute atomic E-state index is 0.152. The van der Waals surface area contributed by atoms with E-state index < -0.39 is 15.8 Å². The van der Waals surface area contributed by atoms with Crippen molar-refractivity contribution in [3.8, 4) is 0 Å². The molecule has 0 unspecified atom stereocenters. The van der Waals surface area contributed by atoms with Gasteiger partial charge in [0.25, 0.3) is 5.91 Å². The van der Waals surface area contributed by atoms with Crippen LogP contribution in [0.4, 0.5) is 10.1 Å². The first-order valence-corrected chi connectivity index (χ1v) is 13.2. The van der Waals surface area contributed by atoms with E-state index in [1.807, 2.05) is 0 Å². The molecule has 0 radical (unpaired) electrons. The number of nitrogens with one attached hydrogen (secondary N) is 1. The Morgan fingerprint density at radius 1 is 0.882 bits per heavy atom. The number of nitrogens with zero attached hydrogens (tertiary/aromatic N) is 2. The summed E-state index contributed by atoms with van der Waals surface area (Å²) in [6, 6.07) is 11.9. The maximum Gasteiger partial charge on any atom is 0.253 e. The first-order valence-electron chi connectivity index (χ1n) is 11.8. The molecule has 34 heavy (non-hydrogen) atoms. The minimum Gasteiger partial charge on any atom is -0.339 e. The number of likely N-dealkylation sites (tertiary alicyclic amines) is 1. The fourth-order valence-corrected chi connectivity index (χ4v) is 6.05. The molecule has 0 atom stereocenters. The van der Waals surface area contributed by atoms with E-state index in [1.54, 1.807) is 27.4 Å². The van der Waals surface area contributed by atoms with E-state index in [2.05, 4.69) is 5.32 Å². The standard InChI is InChI=1S/C25H30FN3O4S/c26-21-7-5-6-20(18-21)25(31)28-16-12-19(13-17-28)24(30)27-22-8-10-23(11-9-22)34(32,33)29-14-3-1-2-4-15-29/h5-11,18-19H,1-4,12-17H2,(H,27,30). The molecule has 9 heteroatoms. The van der Waals surface area contributed by atoms with Crippen molar-refractivity contribution in [3.05, 3.63) is 59.9 Å². The molecule has 2 amide bonds. The lowest BCUT2D eigenvalue weighted by Gasteiger charge is -2.31. The summed E-state index contributed by atoms with van der Waals surface area (Å²) in [4.78, 5) is 27.2. The fraction of sp³-hybridized carbons (Fsp3) is 0.440. The Bertz CT molecular complexity index is 1120. The lowest BCUT2D eigenvalue weighted by atomic mass is 9.95. The largest absolute Gasteiger partial charge is 0.339 e. The highest BCUT2D eigenvalue weighted by Crippen LogP contribution is 2.24. The Kier molecular flexibility index (Phi) is 7.63. The van der Waals surface area contributed by atoms with Crippen LogP contribution in [0.2, 0.25) is 0 Å². The van der Waals surface area contributed by atoms with Gasteiger partial charge in [-0.05, 0) is 68.1 Å². The number of hydrogen-bond acceptors (Lipinski definition) is 4. The monoisotopic (exact) mass is 487 g/mol. The van der Waals surface area contributed by atoms with Crippen LogP contribution < -0.4 is 5.32 Å². The maximum atomic E-state index is 13.4. The first-order chi connectivity index (χ1) is 16.3. The van der Waals surface area contributed by atoms with Crippen molar-refractivity contribution in [1.29, 1.82) is 0 Å². The van der Waals surface area contributed by atoms with Gasteiger partial charge >= 0.3 is 0 Å². The molecule has 0 bridgehead atoms. The summed E-state index contributed by atoms with van der Waals surface area (Å²) in [5.41, 5.74) is 0.844. The Hall–Kier alpha value is -2.78. The molecule has 182 valence electrons. The summed E-state index contributed by atoms with van der Waals surface area (Å²) in [6.07, 6.45) is 4.87. The van der Waals surface area contributed by atoms with Gasteiger partial charge in [0.15, 0.2) is 0 Å². The van der Waals surface area contributed by atoms with Crippen LogP contribution in [0, 0.1) is 11.7 Å². The molecule has 2 heterocycles. The van der Waals surface area contributed by atoms with E-state index >= 15 is 0 Å². The molecule has 2 aliphatic heterocycles. The van der Waals surface area contributed by atoms with Crippen molar-refractivity contribution in [2.24, 2.45) is 5.92 Å². The highest BCUT2D eigenvalue weighted by Gasteiger charge is 2.29. The van der Waals surface area contributed by atoms with Crippen LogP contribution in [0.1, 0.15) is 48.9 Å². The summed E-state index contributed by atoms with van der Waals surface area (Å²) >= 11 is 0. The smallest absolute Gasteiger partial charge is 0.253 e. The Morgan fingerprint density at radius 3 is 2.15 bits per heavy atom. The van der Waals surface area contributed by atoms with E-state index in [-0.39, 0.29) is 22.6 Å². The third-order valence-electron chi connectivity index (χ3n) is 6.55. The second kappa shape index (κ2) is 10.7. The van der Waals surface area contributed by atoms with Gasteiger partial charge in [-0.1, -0.05) is 18.9 Å². The molecular formula is C25H30FN3O4S. The van der Waals surface area contributed by atoms with Crippen LogP contribution in [0.25, 0.3) is 0 Å². The molecule has 2 fully saturated rings. The normalized spacial score (nSPS) is 18.3. The van der Waals surface area contributed by atoms with E-state index in [4.69, 9.17) is 0 Å². The van der Waals surface area contributed by atoms with Crippen molar-refractivity contribution in [2.45, 2.75) is 43.4 Å². The number of halogens is 1. The van der Waals surface area contributed by atoms with E-state index in [9.17, 15) is 22.4 Å². The van der Waals surface area contributed by atoms with E-state index in [1.165, 1.54) is 30.3 Å². The van der Waals surface area contributed by atoms with E-state index in [0.717, 1.165) is 25.7 Å². The summed E-state index contributed by atoms with van der Waals surface area (Å²) in [6.45, 7) is 1.92. The topological polar surface area (TPSA) is 86.8 Å². The third-order valence-corrected chi connectivity index (χ3v) is 8.46. The summed E-state index contributed by atoms with van der Waals surface area (Å²) in [7, 11) is -3.53. The van der Waals surface area contributed by atoms with Gasteiger partial charge in [0.1, 0.15) is 5.82 Å². The molecule has 2 aromatic carbocycles. The number of benzene rings is 2. The average Bonchev–Trinajstić information content (AvgIpc) is 3.14. The molecule has 2 aromatic rings. The number of hydrogen-bond donors (Lipinski definition) is 1.